The number of nitrogens with one attached hydrogen (secondary N) is 1. The van der Waals surface area contributed by atoms with Crippen molar-refractivity contribution in [3.8, 4) is 39.6 Å². The van der Waals surface area contributed by atoms with Gasteiger partial charge in [0.05, 0.1) is 30.3 Å². The van der Waals surface area contributed by atoms with Crippen LogP contribution in [0.1, 0.15) is 0 Å². The van der Waals surface area contributed by atoms with Crippen molar-refractivity contribution in [2.24, 2.45) is 0 Å². The first-order chi connectivity index (χ1) is 14.7. The maximum atomic E-state index is 12.6. The molecular formula is C23H20FN3O3. The van der Waals surface area contributed by atoms with Gasteiger partial charge in [-0.25, -0.2) is 9.07 Å². The Kier molecular flexibility index (Phi) is 5.61. The highest BCUT2D eigenvalue weighted by molar-refractivity contribution is 5.71. The number of hydrogen-bond donors (Lipinski definition) is 1. The summed E-state index contributed by atoms with van der Waals surface area (Å²) in [7, 11) is 1.60. The number of aromatic nitrogens is 3. The quantitative estimate of drug-likeness (QED) is 0.499. The number of benzene rings is 2. The molecule has 0 saturated heterocycles. The van der Waals surface area contributed by atoms with Crippen molar-refractivity contribution in [2.45, 2.75) is 0 Å². The summed E-state index contributed by atoms with van der Waals surface area (Å²) >= 11 is 0. The molecule has 0 aliphatic heterocycles. The van der Waals surface area contributed by atoms with Gasteiger partial charge < -0.3 is 14.5 Å². The van der Waals surface area contributed by atoms with Crippen molar-refractivity contribution in [3.05, 3.63) is 83.4 Å². The first-order valence-electron chi connectivity index (χ1n) is 9.40. The van der Waals surface area contributed by atoms with Crippen LogP contribution >= 0.6 is 0 Å². The van der Waals surface area contributed by atoms with Gasteiger partial charge in [-0.2, -0.15) is 5.10 Å². The molecular weight excluding hydrogens is 385 g/mol. The lowest BCUT2D eigenvalue weighted by Gasteiger charge is -2.10. The smallest absolute Gasteiger partial charge is 0.257 e. The van der Waals surface area contributed by atoms with Crippen LogP contribution in [0, 0.1) is 0 Å². The largest absolute Gasteiger partial charge is 0.497 e. The van der Waals surface area contributed by atoms with Gasteiger partial charge >= 0.3 is 0 Å². The van der Waals surface area contributed by atoms with E-state index in [1.54, 1.807) is 42.4 Å². The van der Waals surface area contributed by atoms with Crippen LogP contribution in [0.25, 0.3) is 28.1 Å². The average Bonchev–Trinajstić information content (AvgIpc) is 3.28. The number of ether oxygens (including phenoxy) is 2. The third-order valence-corrected chi connectivity index (χ3v) is 4.65. The van der Waals surface area contributed by atoms with E-state index in [9.17, 15) is 9.18 Å². The average molecular weight is 405 g/mol. The second-order valence-corrected chi connectivity index (χ2v) is 6.52. The van der Waals surface area contributed by atoms with Crippen LogP contribution in [-0.4, -0.2) is 35.2 Å². The van der Waals surface area contributed by atoms with Crippen molar-refractivity contribution in [1.82, 2.24) is 14.8 Å². The molecule has 0 saturated carbocycles. The summed E-state index contributed by atoms with van der Waals surface area (Å²) in [6.07, 6.45) is 3.31. The minimum atomic E-state index is -0.536. The van der Waals surface area contributed by atoms with Gasteiger partial charge in [-0.1, -0.05) is 18.2 Å². The predicted octanol–water partition coefficient (Wildman–Crippen LogP) is 4.25. The van der Waals surface area contributed by atoms with Crippen molar-refractivity contribution in [3.63, 3.8) is 0 Å². The number of methoxy groups -OCH3 is 1. The van der Waals surface area contributed by atoms with Crippen LogP contribution in [0.2, 0.25) is 0 Å². The number of H-pyrrole nitrogens is 1. The van der Waals surface area contributed by atoms with Gasteiger partial charge in [0, 0.05) is 12.3 Å². The minimum Gasteiger partial charge on any atom is -0.497 e. The van der Waals surface area contributed by atoms with E-state index in [0.29, 0.717) is 22.8 Å². The second-order valence-electron chi connectivity index (χ2n) is 6.52. The van der Waals surface area contributed by atoms with Gasteiger partial charge in [-0.3, -0.25) is 4.79 Å². The predicted molar refractivity (Wildman–Crippen MR) is 113 cm³/mol. The first kappa shape index (κ1) is 19.4. The molecule has 4 aromatic rings. The van der Waals surface area contributed by atoms with Crippen LogP contribution in [-0.2, 0) is 0 Å². The van der Waals surface area contributed by atoms with Crippen LogP contribution < -0.4 is 15.0 Å². The van der Waals surface area contributed by atoms with Crippen LogP contribution in [0.4, 0.5) is 4.39 Å². The Hall–Kier alpha value is -3.87. The standard InChI is InChI=1S/C23H20FN3O3/c1-29-20-4-2-3-18(14-20)27-22(9-11-26-27)21-13-17(15-25-23(21)28)16-5-7-19(8-6-16)30-12-10-24/h2-9,11,13-15H,10,12H2,1H3,(H,25,28). The minimum absolute atomic E-state index is 0.0242. The van der Waals surface area contributed by atoms with E-state index in [1.807, 2.05) is 42.5 Å². The van der Waals surface area contributed by atoms with E-state index < -0.39 is 6.67 Å². The van der Waals surface area contributed by atoms with E-state index in [1.165, 1.54) is 0 Å². The van der Waals surface area contributed by atoms with Gasteiger partial charge in [-0.15, -0.1) is 0 Å². The molecule has 0 fully saturated rings. The highest BCUT2D eigenvalue weighted by atomic mass is 19.1. The number of halogens is 1. The zero-order valence-corrected chi connectivity index (χ0v) is 16.3. The fraction of sp³-hybridized carbons (Fsp3) is 0.130. The van der Waals surface area contributed by atoms with Gasteiger partial charge in [0.15, 0.2) is 0 Å². The molecule has 30 heavy (non-hydrogen) atoms. The van der Waals surface area contributed by atoms with E-state index in [0.717, 1.165) is 16.8 Å². The zero-order valence-electron chi connectivity index (χ0n) is 16.3. The van der Waals surface area contributed by atoms with Crippen molar-refractivity contribution < 1.29 is 13.9 Å². The topological polar surface area (TPSA) is 69.1 Å². The Morgan fingerprint density at radius 1 is 1.03 bits per heavy atom. The first-order valence-corrected chi connectivity index (χ1v) is 9.40. The Morgan fingerprint density at radius 2 is 1.87 bits per heavy atom. The van der Waals surface area contributed by atoms with E-state index in [2.05, 4.69) is 10.1 Å². The van der Waals surface area contributed by atoms with Gasteiger partial charge in [-0.05, 0) is 47.5 Å². The third-order valence-electron chi connectivity index (χ3n) is 4.65. The highest BCUT2D eigenvalue weighted by Crippen LogP contribution is 2.27. The van der Waals surface area contributed by atoms with E-state index in [4.69, 9.17) is 9.47 Å². The molecule has 6 nitrogen and oxygen atoms in total. The molecule has 0 radical (unpaired) electrons. The lowest BCUT2D eigenvalue weighted by atomic mass is 10.0. The van der Waals surface area contributed by atoms with Crippen molar-refractivity contribution in [1.29, 1.82) is 0 Å². The summed E-state index contributed by atoms with van der Waals surface area (Å²) < 4.78 is 24.5. The monoisotopic (exact) mass is 405 g/mol. The molecule has 1 N–H and O–H groups in total. The van der Waals surface area contributed by atoms with E-state index >= 15 is 0 Å². The number of aromatic amines is 1. The molecule has 152 valence electrons. The molecule has 0 amide bonds. The zero-order chi connectivity index (χ0) is 20.9. The molecule has 0 spiro atoms. The number of alkyl halides is 1. The summed E-state index contributed by atoms with van der Waals surface area (Å²) in [6.45, 7) is -0.511. The summed E-state index contributed by atoms with van der Waals surface area (Å²) in [5.41, 5.74) is 3.45. The molecule has 0 atom stereocenters. The van der Waals surface area contributed by atoms with Crippen LogP contribution in [0.5, 0.6) is 11.5 Å². The summed E-state index contributed by atoms with van der Waals surface area (Å²) in [5, 5.41) is 4.38. The fourth-order valence-corrected chi connectivity index (χ4v) is 3.20. The Labute approximate surface area is 172 Å². The summed E-state index contributed by atoms with van der Waals surface area (Å²) in [5.74, 6) is 1.30. The van der Waals surface area contributed by atoms with E-state index in [-0.39, 0.29) is 12.2 Å². The second kappa shape index (κ2) is 8.65. The van der Waals surface area contributed by atoms with Gasteiger partial charge in [0.1, 0.15) is 24.8 Å². The Balaban J connectivity index is 1.72. The SMILES string of the molecule is COc1cccc(-n2nccc2-c2cc(-c3ccc(OCCF)cc3)c[nH]c2=O)c1. The molecule has 0 bridgehead atoms. The molecule has 0 aliphatic carbocycles. The van der Waals surface area contributed by atoms with Crippen molar-refractivity contribution in [2.75, 3.05) is 20.4 Å². The lowest BCUT2D eigenvalue weighted by molar-refractivity contribution is 0.273. The molecule has 7 heteroatoms. The third kappa shape index (κ3) is 3.96. The maximum Gasteiger partial charge on any atom is 0.257 e. The molecule has 2 aromatic carbocycles. The molecule has 2 aromatic heterocycles. The lowest BCUT2D eigenvalue weighted by Crippen LogP contribution is -2.11. The Bertz CT molecular complexity index is 1200. The molecule has 0 unspecified atom stereocenters. The fourth-order valence-electron chi connectivity index (χ4n) is 3.20. The number of nitrogens with zero attached hydrogens (tertiary/aromatic N) is 2. The summed E-state index contributed by atoms with van der Waals surface area (Å²) in [4.78, 5) is 15.4. The van der Waals surface area contributed by atoms with Crippen LogP contribution in [0.15, 0.2) is 77.9 Å². The summed E-state index contributed by atoms with van der Waals surface area (Å²) in [6, 6.07) is 18.4. The molecule has 2 heterocycles. The van der Waals surface area contributed by atoms with Crippen LogP contribution in [0.3, 0.4) is 0 Å². The van der Waals surface area contributed by atoms with Crippen molar-refractivity contribution >= 4 is 0 Å². The normalized spacial score (nSPS) is 10.7. The molecule has 0 aliphatic rings. The number of rotatable bonds is 7. The maximum absolute atomic E-state index is 12.6. The number of hydrogen-bond acceptors (Lipinski definition) is 4. The highest BCUT2D eigenvalue weighted by Gasteiger charge is 2.13. The number of pyridine rings is 1. The van der Waals surface area contributed by atoms with Gasteiger partial charge in [0.2, 0.25) is 0 Å². The Morgan fingerprint density at radius 3 is 2.63 bits per heavy atom. The van der Waals surface area contributed by atoms with Gasteiger partial charge in [0.25, 0.3) is 5.56 Å². The molecule has 4 rings (SSSR count).